The maximum absolute atomic E-state index is 12.4. The third-order valence-corrected chi connectivity index (χ3v) is 7.22. The van der Waals surface area contributed by atoms with Crippen molar-refractivity contribution in [3.05, 3.63) is 66.5 Å². The summed E-state index contributed by atoms with van der Waals surface area (Å²) in [4.78, 5) is 11.2. The zero-order chi connectivity index (χ0) is 23.6. The van der Waals surface area contributed by atoms with E-state index in [1.807, 2.05) is 38.4 Å². The lowest BCUT2D eigenvalue weighted by Crippen LogP contribution is -2.13. The lowest BCUT2D eigenvalue weighted by molar-refractivity contribution is 0.402. The molecule has 0 aliphatic rings. The second-order valence-corrected chi connectivity index (χ2v) is 10.8. The Balaban J connectivity index is 1.60. The van der Waals surface area contributed by atoms with E-state index in [2.05, 4.69) is 25.1 Å². The monoisotopic (exact) mass is 463 g/mol. The molecule has 9 heteroatoms. The Morgan fingerprint density at radius 2 is 1.61 bits per heavy atom. The van der Waals surface area contributed by atoms with Gasteiger partial charge in [-0.2, -0.15) is 0 Å². The first-order valence-corrected chi connectivity index (χ1v) is 12.0. The maximum Gasteiger partial charge on any atom is 0.268 e. The van der Waals surface area contributed by atoms with E-state index in [9.17, 15) is 8.42 Å². The van der Waals surface area contributed by atoms with Crippen molar-refractivity contribution in [1.82, 2.24) is 25.1 Å². The molecule has 0 saturated heterocycles. The molecule has 170 valence electrons. The summed E-state index contributed by atoms with van der Waals surface area (Å²) in [6.45, 7) is 4.13. The van der Waals surface area contributed by atoms with Crippen molar-refractivity contribution in [3.8, 4) is 34.3 Å². The fourth-order valence-corrected chi connectivity index (χ4v) is 4.37. The van der Waals surface area contributed by atoms with Crippen molar-refractivity contribution in [2.75, 3.05) is 14.1 Å². The van der Waals surface area contributed by atoms with Crippen molar-refractivity contribution in [2.45, 2.75) is 30.5 Å². The van der Waals surface area contributed by atoms with E-state index < -0.39 is 15.1 Å². The quantitative estimate of drug-likeness (QED) is 0.404. The average Bonchev–Trinajstić information content (AvgIpc) is 3.29. The van der Waals surface area contributed by atoms with Crippen LogP contribution in [0.2, 0.25) is 0 Å². The topological polar surface area (TPSA) is 102 Å². The first-order valence-electron chi connectivity index (χ1n) is 10.5. The Morgan fingerprint density at radius 3 is 2.30 bits per heavy atom. The van der Waals surface area contributed by atoms with Crippen molar-refractivity contribution in [1.29, 1.82) is 0 Å². The van der Waals surface area contributed by atoms with Crippen molar-refractivity contribution in [2.24, 2.45) is 0 Å². The normalized spacial score (nSPS) is 11.9. The van der Waals surface area contributed by atoms with Crippen LogP contribution in [0.25, 0.3) is 34.3 Å². The number of nitrogens with zero attached hydrogens (tertiary/aromatic N) is 5. The molecule has 2 aromatic heterocycles. The highest BCUT2D eigenvalue weighted by molar-refractivity contribution is 7.92. The minimum absolute atomic E-state index is 0.261. The Hall–Kier alpha value is -3.43. The van der Waals surface area contributed by atoms with Crippen LogP contribution in [-0.2, 0) is 16.4 Å². The molecule has 0 atom stereocenters. The SMILES string of the molecule is CC(C)S(=O)(=O)c1ccc(-c2cncc(-c3nnc(-c4cccc(CN(C)C)c4)o3)n2)cc1. The van der Waals surface area contributed by atoms with E-state index in [4.69, 9.17) is 4.42 Å². The van der Waals surface area contributed by atoms with Crippen molar-refractivity contribution >= 4 is 9.84 Å². The van der Waals surface area contributed by atoms with Crippen molar-refractivity contribution in [3.63, 3.8) is 0 Å². The minimum Gasteiger partial charge on any atom is -0.415 e. The van der Waals surface area contributed by atoms with E-state index in [0.717, 1.165) is 23.2 Å². The van der Waals surface area contributed by atoms with Gasteiger partial charge in [0.15, 0.2) is 9.84 Å². The van der Waals surface area contributed by atoms with Crippen LogP contribution in [0, 0.1) is 0 Å². The Kier molecular flexibility index (Phi) is 6.35. The molecule has 33 heavy (non-hydrogen) atoms. The predicted molar refractivity (Wildman–Crippen MR) is 126 cm³/mol. The van der Waals surface area contributed by atoms with Gasteiger partial charge in [-0.05, 0) is 57.8 Å². The van der Waals surface area contributed by atoms with Crippen LogP contribution < -0.4 is 0 Å². The average molecular weight is 464 g/mol. The summed E-state index contributed by atoms with van der Waals surface area (Å²) in [5.41, 5.74) is 3.73. The predicted octanol–water partition coefficient (Wildman–Crippen LogP) is 4.10. The summed E-state index contributed by atoms with van der Waals surface area (Å²) in [7, 11) is 0.695. The third kappa shape index (κ3) is 4.99. The molecule has 0 fully saturated rings. The van der Waals surface area contributed by atoms with Crippen LogP contribution in [-0.4, -0.2) is 52.8 Å². The highest BCUT2D eigenvalue weighted by Crippen LogP contribution is 2.26. The molecule has 4 aromatic rings. The fourth-order valence-electron chi connectivity index (χ4n) is 3.31. The van der Waals surface area contributed by atoms with Crippen LogP contribution in [0.1, 0.15) is 19.4 Å². The summed E-state index contributed by atoms with van der Waals surface area (Å²) >= 11 is 0. The smallest absolute Gasteiger partial charge is 0.268 e. The molecule has 0 bridgehead atoms. The number of aromatic nitrogens is 4. The molecule has 0 aliphatic heterocycles. The molecule has 4 rings (SSSR count). The largest absolute Gasteiger partial charge is 0.415 e. The van der Waals surface area contributed by atoms with Crippen LogP contribution in [0.15, 0.2) is 70.2 Å². The van der Waals surface area contributed by atoms with Gasteiger partial charge in [-0.25, -0.2) is 13.4 Å². The molecule has 2 aromatic carbocycles. The van der Waals surface area contributed by atoms with Gasteiger partial charge in [-0.1, -0.05) is 24.3 Å². The maximum atomic E-state index is 12.4. The van der Waals surface area contributed by atoms with Gasteiger partial charge in [0.2, 0.25) is 5.89 Å². The van der Waals surface area contributed by atoms with Gasteiger partial charge in [0.25, 0.3) is 5.89 Å². The second kappa shape index (κ2) is 9.21. The number of hydrogen-bond donors (Lipinski definition) is 0. The zero-order valence-corrected chi connectivity index (χ0v) is 19.7. The van der Waals surface area contributed by atoms with E-state index in [-0.39, 0.29) is 10.8 Å². The van der Waals surface area contributed by atoms with E-state index >= 15 is 0 Å². The summed E-state index contributed by atoms with van der Waals surface area (Å²) in [6.07, 6.45) is 3.16. The zero-order valence-electron chi connectivity index (χ0n) is 18.9. The molecule has 0 unspecified atom stereocenters. The first kappa shape index (κ1) is 22.8. The number of hydrogen-bond acceptors (Lipinski definition) is 8. The Bertz CT molecular complexity index is 1360. The summed E-state index contributed by atoms with van der Waals surface area (Å²) < 4.78 is 30.6. The minimum atomic E-state index is -3.33. The molecule has 0 saturated carbocycles. The molecule has 0 radical (unpaired) electrons. The number of benzene rings is 2. The van der Waals surface area contributed by atoms with E-state index in [0.29, 0.717) is 17.3 Å². The molecule has 0 aliphatic carbocycles. The molecule has 2 heterocycles. The second-order valence-electron chi connectivity index (χ2n) is 8.26. The van der Waals surface area contributed by atoms with Gasteiger partial charge in [0.1, 0.15) is 5.69 Å². The number of rotatable bonds is 7. The lowest BCUT2D eigenvalue weighted by Gasteiger charge is -2.09. The Labute approximate surface area is 193 Å². The lowest BCUT2D eigenvalue weighted by atomic mass is 10.1. The van der Waals surface area contributed by atoms with E-state index in [1.54, 1.807) is 50.5 Å². The van der Waals surface area contributed by atoms with Crippen LogP contribution >= 0.6 is 0 Å². The van der Waals surface area contributed by atoms with Gasteiger partial charge >= 0.3 is 0 Å². The van der Waals surface area contributed by atoms with Crippen LogP contribution in [0.4, 0.5) is 0 Å². The summed E-state index contributed by atoms with van der Waals surface area (Å²) in [6, 6.07) is 14.6. The molecule has 8 nitrogen and oxygen atoms in total. The van der Waals surface area contributed by atoms with Gasteiger partial charge in [0, 0.05) is 17.7 Å². The number of sulfone groups is 1. The molecule has 0 spiro atoms. The van der Waals surface area contributed by atoms with Gasteiger partial charge in [-0.15, -0.1) is 10.2 Å². The van der Waals surface area contributed by atoms with Crippen molar-refractivity contribution < 1.29 is 12.8 Å². The first-order chi connectivity index (χ1) is 15.7. The molecular formula is C24H25N5O3S. The van der Waals surface area contributed by atoms with Gasteiger partial charge < -0.3 is 9.32 Å². The summed E-state index contributed by atoms with van der Waals surface area (Å²) in [5.74, 6) is 0.664. The molecule has 0 N–H and O–H groups in total. The highest BCUT2D eigenvalue weighted by atomic mass is 32.2. The third-order valence-electron chi connectivity index (χ3n) is 5.05. The standard InChI is InChI=1S/C24H25N5O3S/c1-16(2)33(30,31)20-10-8-18(9-11-20)21-13-25-14-22(26-21)24-28-27-23(32-24)19-7-5-6-17(12-19)15-29(3)4/h5-14,16H,15H2,1-4H3. The van der Waals surface area contributed by atoms with Gasteiger partial charge in [-0.3, -0.25) is 4.98 Å². The van der Waals surface area contributed by atoms with E-state index in [1.165, 1.54) is 0 Å². The fraction of sp³-hybridized carbons (Fsp3) is 0.250. The summed E-state index contributed by atoms with van der Waals surface area (Å²) in [5, 5.41) is 7.84. The Morgan fingerprint density at radius 1 is 0.909 bits per heavy atom. The highest BCUT2D eigenvalue weighted by Gasteiger charge is 2.19. The molecular weight excluding hydrogens is 438 g/mol. The molecule has 0 amide bonds. The van der Waals surface area contributed by atoms with Crippen LogP contribution in [0.3, 0.4) is 0 Å². The van der Waals surface area contributed by atoms with Crippen LogP contribution in [0.5, 0.6) is 0 Å². The van der Waals surface area contributed by atoms with Gasteiger partial charge in [0.05, 0.1) is 28.2 Å².